The first-order valence-electron chi connectivity index (χ1n) is 9.38. The van der Waals surface area contributed by atoms with Crippen molar-refractivity contribution in [2.75, 3.05) is 31.6 Å². The Hall–Kier alpha value is -1.97. The average Bonchev–Trinajstić information content (AvgIpc) is 2.67. The molecule has 1 heterocycles. The van der Waals surface area contributed by atoms with Gasteiger partial charge in [-0.2, -0.15) is 4.31 Å². The summed E-state index contributed by atoms with van der Waals surface area (Å²) in [6.45, 7) is 6.90. The van der Waals surface area contributed by atoms with Crippen molar-refractivity contribution in [1.82, 2.24) is 4.31 Å². The first-order chi connectivity index (χ1) is 13.2. The molecule has 2 rings (SSSR count). The minimum Gasteiger partial charge on any atom is -0.453 e. The average molecular weight is 413 g/mol. The Balaban J connectivity index is 1.92. The maximum Gasteiger partial charge on any atom is 0.306 e. The summed E-state index contributed by atoms with van der Waals surface area (Å²) in [4.78, 5) is 24.1. The third-order valence-corrected chi connectivity index (χ3v) is 6.25. The number of sulfonamides is 1. The summed E-state index contributed by atoms with van der Waals surface area (Å²) in [5, 5.41) is 2.63. The van der Waals surface area contributed by atoms with Crippen LogP contribution in [0.3, 0.4) is 0 Å². The van der Waals surface area contributed by atoms with E-state index in [9.17, 15) is 18.0 Å². The molecule has 9 heteroatoms. The molecule has 1 aromatic rings. The number of hydrogen-bond acceptors (Lipinski definition) is 6. The number of rotatable bonds is 8. The molecule has 0 radical (unpaired) electrons. The van der Waals surface area contributed by atoms with Gasteiger partial charge in [0.05, 0.1) is 18.1 Å². The molecule has 0 spiro atoms. The lowest BCUT2D eigenvalue weighted by Crippen LogP contribution is -2.40. The van der Waals surface area contributed by atoms with Crippen molar-refractivity contribution in [3.05, 3.63) is 24.3 Å². The first kappa shape index (κ1) is 22.3. The number of hydrogen-bond donors (Lipinski definition) is 1. The maximum atomic E-state index is 12.6. The Labute approximate surface area is 166 Å². The van der Waals surface area contributed by atoms with E-state index in [0.717, 1.165) is 0 Å². The van der Waals surface area contributed by atoms with Crippen LogP contribution < -0.4 is 5.32 Å². The highest BCUT2D eigenvalue weighted by atomic mass is 32.2. The fourth-order valence-corrected chi connectivity index (χ4v) is 4.01. The molecule has 1 amide bonds. The smallest absolute Gasteiger partial charge is 0.306 e. The number of carbonyl (C=O) groups excluding carboxylic acids is 2. The molecule has 0 unspecified atom stereocenters. The number of esters is 1. The van der Waals surface area contributed by atoms with Crippen LogP contribution >= 0.6 is 0 Å². The second kappa shape index (κ2) is 9.99. The van der Waals surface area contributed by atoms with E-state index in [2.05, 4.69) is 5.32 Å². The SMILES string of the molecule is CC(C)CCC(=O)O[C@H](C)C(=O)Nc1ccc(S(=O)(=O)N2CCOCC2)cc1. The minimum absolute atomic E-state index is 0.153. The zero-order valence-corrected chi connectivity index (χ0v) is 17.3. The van der Waals surface area contributed by atoms with E-state index in [4.69, 9.17) is 9.47 Å². The van der Waals surface area contributed by atoms with Crippen LogP contribution in [0.2, 0.25) is 0 Å². The maximum absolute atomic E-state index is 12.6. The van der Waals surface area contributed by atoms with Crippen molar-refractivity contribution in [3.8, 4) is 0 Å². The fraction of sp³-hybridized carbons (Fsp3) is 0.579. The number of morpholine rings is 1. The standard InChI is InChI=1S/C19H28N2O6S/c1-14(2)4-9-18(22)27-15(3)19(23)20-16-5-7-17(8-6-16)28(24,25)21-10-12-26-13-11-21/h5-8,14-15H,4,9-13H2,1-3H3,(H,20,23)/t15-/m1/s1. The monoisotopic (exact) mass is 412 g/mol. The molecule has 1 aliphatic heterocycles. The van der Waals surface area contributed by atoms with Gasteiger partial charge in [0.15, 0.2) is 6.10 Å². The van der Waals surface area contributed by atoms with Gasteiger partial charge in [0.2, 0.25) is 10.0 Å². The lowest BCUT2D eigenvalue weighted by molar-refractivity contribution is -0.153. The normalized spacial score (nSPS) is 16.6. The predicted molar refractivity (Wildman–Crippen MR) is 104 cm³/mol. The molecule has 0 aromatic heterocycles. The summed E-state index contributed by atoms with van der Waals surface area (Å²) in [6, 6.07) is 5.91. The number of nitrogens with zero attached hydrogens (tertiary/aromatic N) is 1. The molecule has 0 saturated carbocycles. The molecule has 1 fully saturated rings. The molecule has 8 nitrogen and oxygen atoms in total. The first-order valence-corrected chi connectivity index (χ1v) is 10.8. The van der Waals surface area contributed by atoms with Crippen LogP contribution in [0.25, 0.3) is 0 Å². The van der Waals surface area contributed by atoms with Crippen LogP contribution in [0, 0.1) is 5.92 Å². The number of anilines is 1. The van der Waals surface area contributed by atoms with Crippen molar-refractivity contribution in [2.45, 2.75) is 44.6 Å². The van der Waals surface area contributed by atoms with E-state index in [-0.39, 0.29) is 11.3 Å². The van der Waals surface area contributed by atoms with Gasteiger partial charge in [-0.25, -0.2) is 8.42 Å². The topological polar surface area (TPSA) is 102 Å². The Kier molecular flexibility index (Phi) is 7.97. The molecule has 1 saturated heterocycles. The van der Waals surface area contributed by atoms with Gasteiger partial charge in [0, 0.05) is 25.2 Å². The van der Waals surface area contributed by atoms with Gasteiger partial charge in [-0.15, -0.1) is 0 Å². The summed E-state index contributed by atoms with van der Waals surface area (Å²) in [7, 11) is -3.58. The lowest BCUT2D eigenvalue weighted by atomic mass is 10.1. The van der Waals surface area contributed by atoms with Crippen molar-refractivity contribution >= 4 is 27.6 Å². The molecule has 1 aliphatic rings. The summed E-state index contributed by atoms with van der Waals surface area (Å²) in [5.41, 5.74) is 0.427. The minimum atomic E-state index is -3.58. The third kappa shape index (κ3) is 6.29. The molecule has 0 aliphatic carbocycles. The van der Waals surface area contributed by atoms with E-state index in [1.165, 1.54) is 35.5 Å². The number of amides is 1. The van der Waals surface area contributed by atoms with E-state index in [0.29, 0.717) is 44.3 Å². The largest absolute Gasteiger partial charge is 0.453 e. The van der Waals surface area contributed by atoms with Crippen LogP contribution in [-0.2, 0) is 29.1 Å². The van der Waals surface area contributed by atoms with Crippen molar-refractivity contribution < 1.29 is 27.5 Å². The van der Waals surface area contributed by atoms with Gasteiger partial charge in [0.1, 0.15) is 0 Å². The van der Waals surface area contributed by atoms with Gasteiger partial charge < -0.3 is 14.8 Å². The van der Waals surface area contributed by atoms with Crippen LogP contribution in [0.4, 0.5) is 5.69 Å². The lowest BCUT2D eigenvalue weighted by Gasteiger charge is -2.26. The Bertz CT molecular complexity index is 770. The van der Waals surface area contributed by atoms with Crippen molar-refractivity contribution in [1.29, 1.82) is 0 Å². The fourth-order valence-electron chi connectivity index (χ4n) is 2.61. The number of carbonyl (C=O) groups is 2. The third-order valence-electron chi connectivity index (χ3n) is 4.33. The predicted octanol–water partition coefficient (Wildman–Crippen LogP) is 2.01. The number of benzene rings is 1. The molecule has 0 bridgehead atoms. The Morgan fingerprint density at radius 1 is 1.14 bits per heavy atom. The zero-order chi connectivity index (χ0) is 20.7. The highest BCUT2D eigenvalue weighted by Gasteiger charge is 2.26. The molecular formula is C19H28N2O6S. The number of nitrogens with one attached hydrogen (secondary N) is 1. The van der Waals surface area contributed by atoms with Crippen LogP contribution in [0.15, 0.2) is 29.2 Å². The van der Waals surface area contributed by atoms with Crippen molar-refractivity contribution in [3.63, 3.8) is 0 Å². The summed E-state index contributed by atoms with van der Waals surface area (Å²) < 4.78 is 36.9. The van der Waals surface area contributed by atoms with E-state index < -0.39 is 28.0 Å². The van der Waals surface area contributed by atoms with Crippen molar-refractivity contribution in [2.24, 2.45) is 5.92 Å². The molecule has 1 atom stereocenters. The highest BCUT2D eigenvalue weighted by molar-refractivity contribution is 7.89. The summed E-state index contributed by atoms with van der Waals surface area (Å²) in [6.07, 6.45) is 0.0340. The molecule has 28 heavy (non-hydrogen) atoms. The molecule has 156 valence electrons. The van der Waals surface area contributed by atoms with E-state index >= 15 is 0 Å². The molecule has 1 N–H and O–H groups in total. The van der Waals surface area contributed by atoms with Gasteiger partial charge in [-0.05, 0) is 43.5 Å². The van der Waals surface area contributed by atoms with Crippen LogP contribution in [0.1, 0.15) is 33.6 Å². The van der Waals surface area contributed by atoms with Gasteiger partial charge in [-0.1, -0.05) is 13.8 Å². The summed E-state index contributed by atoms with van der Waals surface area (Å²) in [5.74, 6) is -0.506. The Morgan fingerprint density at radius 2 is 1.75 bits per heavy atom. The van der Waals surface area contributed by atoms with Gasteiger partial charge >= 0.3 is 5.97 Å². The quantitative estimate of drug-likeness (QED) is 0.656. The zero-order valence-electron chi connectivity index (χ0n) is 16.5. The molecular weight excluding hydrogens is 384 g/mol. The molecule has 1 aromatic carbocycles. The summed E-state index contributed by atoms with van der Waals surface area (Å²) >= 11 is 0. The van der Waals surface area contributed by atoms with Gasteiger partial charge in [-0.3, -0.25) is 9.59 Å². The van der Waals surface area contributed by atoms with E-state index in [1.807, 2.05) is 13.8 Å². The second-order valence-electron chi connectivity index (χ2n) is 7.09. The van der Waals surface area contributed by atoms with E-state index in [1.54, 1.807) is 0 Å². The Morgan fingerprint density at radius 3 is 2.32 bits per heavy atom. The highest BCUT2D eigenvalue weighted by Crippen LogP contribution is 2.19. The number of ether oxygens (including phenoxy) is 2. The van der Waals surface area contributed by atoms with Crippen LogP contribution in [-0.4, -0.2) is 57.0 Å². The van der Waals surface area contributed by atoms with Gasteiger partial charge in [0.25, 0.3) is 5.91 Å². The second-order valence-corrected chi connectivity index (χ2v) is 9.03. The van der Waals surface area contributed by atoms with Crippen LogP contribution in [0.5, 0.6) is 0 Å².